The Morgan fingerprint density at radius 2 is 1.36 bits per heavy atom. The van der Waals surface area contributed by atoms with E-state index in [0.717, 1.165) is 32.1 Å². The number of fused-ring (bicyclic) bond motifs is 3. The van der Waals surface area contributed by atoms with E-state index >= 15 is 0 Å². The van der Waals surface area contributed by atoms with Gasteiger partial charge in [-0.2, -0.15) is 0 Å². The molecule has 0 aromatic heterocycles. The molecule has 0 radical (unpaired) electrons. The molecule has 4 saturated carbocycles. The lowest BCUT2D eigenvalue weighted by Crippen LogP contribution is -2.65. The predicted molar refractivity (Wildman–Crippen MR) is 123 cm³/mol. The van der Waals surface area contributed by atoms with Gasteiger partial charge < -0.3 is 14.2 Å². The highest BCUT2D eigenvalue weighted by atomic mass is 35.5. The van der Waals surface area contributed by atoms with E-state index < -0.39 is 16.9 Å². The summed E-state index contributed by atoms with van der Waals surface area (Å²) in [6.07, 6.45) is 3.94. The van der Waals surface area contributed by atoms with Gasteiger partial charge >= 0.3 is 17.9 Å². The fourth-order valence-electron chi connectivity index (χ4n) is 8.92. The third kappa shape index (κ3) is 3.52. The number of esters is 3. The Bertz CT molecular complexity index is 856. The highest BCUT2D eigenvalue weighted by molar-refractivity contribution is 6.22. The molecule has 2 bridgehead atoms. The van der Waals surface area contributed by atoms with Gasteiger partial charge in [0.05, 0.1) is 5.38 Å². The second-order valence-corrected chi connectivity index (χ2v) is 12.8. The zero-order valence-electron chi connectivity index (χ0n) is 21.0. The minimum absolute atomic E-state index is 0.0400. The fraction of sp³-hybridized carbons (Fsp3) is 0.885. The van der Waals surface area contributed by atoms with Crippen LogP contribution >= 0.6 is 11.6 Å². The average Bonchev–Trinajstić information content (AvgIpc) is 2.84. The summed E-state index contributed by atoms with van der Waals surface area (Å²) in [5, 5.41) is -0.459. The normalized spacial score (nSPS) is 47.6. The van der Waals surface area contributed by atoms with Gasteiger partial charge in [-0.1, -0.05) is 27.7 Å². The first-order chi connectivity index (χ1) is 15.2. The minimum atomic E-state index is -0.492. The van der Waals surface area contributed by atoms with Gasteiger partial charge in [0, 0.05) is 37.0 Å². The number of carbonyl (C=O) groups is 3. The molecule has 4 aliphatic rings. The molecule has 0 saturated heterocycles. The molecule has 4 fully saturated rings. The van der Waals surface area contributed by atoms with E-state index in [1.54, 1.807) is 0 Å². The first-order valence-electron chi connectivity index (χ1n) is 12.3. The number of rotatable bonds is 3. The van der Waals surface area contributed by atoms with Gasteiger partial charge in [0.1, 0.15) is 18.3 Å². The molecule has 0 aromatic carbocycles. The molecule has 2 unspecified atom stereocenters. The monoisotopic (exact) mass is 482 g/mol. The summed E-state index contributed by atoms with van der Waals surface area (Å²) in [6.45, 7) is 13.3. The van der Waals surface area contributed by atoms with E-state index in [0.29, 0.717) is 12.3 Å². The summed E-state index contributed by atoms with van der Waals surface area (Å²) < 4.78 is 17.9. The summed E-state index contributed by atoms with van der Waals surface area (Å²) in [5.41, 5.74) is -1.08. The zero-order chi connectivity index (χ0) is 24.6. The van der Waals surface area contributed by atoms with Crippen LogP contribution in [0, 0.1) is 33.5 Å². The van der Waals surface area contributed by atoms with Crippen LogP contribution in [-0.2, 0) is 28.6 Å². The number of halogens is 1. The van der Waals surface area contributed by atoms with Crippen LogP contribution in [0.3, 0.4) is 0 Å². The van der Waals surface area contributed by atoms with E-state index in [1.807, 2.05) is 0 Å². The third-order valence-corrected chi connectivity index (χ3v) is 10.8. The molecule has 0 heterocycles. The van der Waals surface area contributed by atoms with Gasteiger partial charge in [-0.05, 0) is 55.8 Å². The second-order valence-electron chi connectivity index (χ2n) is 12.3. The summed E-state index contributed by atoms with van der Waals surface area (Å²) in [4.78, 5) is 36.5. The maximum atomic E-state index is 12.2. The van der Waals surface area contributed by atoms with Crippen LogP contribution in [0.15, 0.2) is 0 Å². The van der Waals surface area contributed by atoms with Crippen LogP contribution in [0.5, 0.6) is 0 Å². The maximum Gasteiger partial charge on any atom is 0.302 e. The Balaban J connectivity index is 1.88. The van der Waals surface area contributed by atoms with Crippen molar-refractivity contribution < 1.29 is 28.6 Å². The molecular weight excluding hydrogens is 444 g/mol. The lowest BCUT2D eigenvalue weighted by atomic mass is 9.39. The molecule has 7 heteroatoms. The third-order valence-electron chi connectivity index (χ3n) is 10.0. The number of alkyl halides is 1. The highest BCUT2D eigenvalue weighted by Gasteiger charge is 2.76. The number of ether oxygens (including phenoxy) is 3. The van der Waals surface area contributed by atoms with E-state index in [9.17, 15) is 14.4 Å². The largest absolute Gasteiger partial charge is 0.462 e. The Labute approximate surface area is 202 Å². The molecule has 186 valence electrons. The smallest absolute Gasteiger partial charge is 0.302 e. The number of hydrogen-bond acceptors (Lipinski definition) is 6. The van der Waals surface area contributed by atoms with Crippen molar-refractivity contribution in [3.8, 4) is 0 Å². The van der Waals surface area contributed by atoms with Crippen molar-refractivity contribution in [1.29, 1.82) is 0 Å². The molecule has 4 rings (SSSR count). The van der Waals surface area contributed by atoms with Crippen LogP contribution in [-0.4, -0.2) is 41.6 Å². The van der Waals surface area contributed by atoms with Gasteiger partial charge in [0.15, 0.2) is 0 Å². The van der Waals surface area contributed by atoms with E-state index in [-0.39, 0.29) is 52.3 Å². The lowest BCUT2D eigenvalue weighted by Gasteiger charge is -2.66. The quantitative estimate of drug-likeness (QED) is 0.318. The van der Waals surface area contributed by atoms with E-state index in [2.05, 4.69) is 27.7 Å². The number of carbonyl (C=O) groups excluding carboxylic acids is 3. The first kappa shape index (κ1) is 24.8. The molecule has 0 aromatic rings. The van der Waals surface area contributed by atoms with Crippen molar-refractivity contribution in [3.63, 3.8) is 0 Å². The maximum absolute atomic E-state index is 12.2. The van der Waals surface area contributed by atoms with E-state index in [4.69, 9.17) is 25.8 Å². The second kappa shape index (κ2) is 7.86. The molecule has 1 spiro atoms. The molecule has 33 heavy (non-hydrogen) atoms. The highest BCUT2D eigenvalue weighted by Crippen LogP contribution is 2.75. The molecule has 6 nitrogen and oxygen atoms in total. The predicted octanol–water partition coefficient (Wildman–Crippen LogP) is 5.04. The summed E-state index contributed by atoms with van der Waals surface area (Å²) in [6, 6.07) is 0. The summed E-state index contributed by atoms with van der Waals surface area (Å²) in [5.74, 6) is -0.570. The molecule has 0 N–H and O–H groups in total. The summed E-state index contributed by atoms with van der Waals surface area (Å²) in [7, 11) is 0. The zero-order valence-corrected chi connectivity index (χ0v) is 21.8. The Morgan fingerprint density at radius 1 is 0.788 bits per heavy atom. The first-order valence-corrected chi connectivity index (χ1v) is 12.8. The summed E-state index contributed by atoms with van der Waals surface area (Å²) >= 11 is 7.10. The Hall–Kier alpha value is -1.30. The van der Waals surface area contributed by atoms with Gasteiger partial charge in [-0.15, -0.1) is 11.6 Å². The van der Waals surface area contributed by atoms with Crippen LogP contribution in [0.2, 0.25) is 0 Å². The van der Waals surface area contributed by atoms with Gasteiger partial charge in [0.25, 0.3) is 0 Å². The van der Waals surface area contributed by atoms with Crippen LogP contribution in [0.4, 0.5) is 0 Å². The fourth-order valence-corrected chi connectivity index (χ4v) is 9.44. The molecule has 4 aliphatic carbocycles. The molecule has 0 aliphatic heterocycles. The Morgan fingerprint density at radius 3 is 1.94 bits per heavy atom. The van der Waals surface area contributed by atoms with Gasteiger partial charge in [-0.3, -0.25) is 14.4 Å². The van der Waals surface area contributed by atoms with Gasteiger partial charge in [-0.25, -0.2) is 0 Å². The van der Waals surface area contributed by atoms with Crippen molar-refractivity contribution >= 4 is 29.5 Å². The van der Waals surface area contributed by atoms with Crippen LogP contribution in [0.25, 0.3) is 0 Å². The molecule has 9 atom stereocenters. The standard InChI is InChI=1S/C26H39ClO6/c1-14(28)31-19-9-10-23(4,5)17-8-11-26-13-24(6,21(27)22(26)33-16(3)30)20(32-15(2)29)12-18(26)25(17,19)7/h17-22H,8-13H2,1-7H3/t17?,18?,19-,20+,21+,22+,24+,25+,26-/m0/s1. The average molecular weight is 483 g/mol. The SMILES string of the molecule is CC(=O)O[C@@H]1[C@@H](Cl)[C@]2(C)C[C@]13CCC1C(C)(C)CC[C@H](OC(C)=O)[C@@]1(C)C3C[C@H]2OC(C)=O. The number of hydrogen-bond donors (Lipinski definition) is 0. The van der Waals surface area contributed by atoms with E-state index in [1.165, 1.54) is 20.8 Å². The van der Waals surface area contributed by atoms with Crippen molar-refractivity contribution in [3.05, 3.63) is 0 Å². The van der Waals surface area contributed by atoms with Crippen LogP contribution < -0.4 is 0 Å². The van der Waals surface area contributed by atoms with Crippen molar-refractivity contribution in [2.45, 2.75) is 111 Å². The van der Waals surface area contributed by atoms with Crippen molar-refractivity contribution in [2.24, 2.45) is 33.5 Å². The topological polar surface area (TPSA) is 78.9 Å². The minimum Gasteiger partial charge on any atom is -0.462 e. The lowest BCUT2D eigenvalue weighted by molar-refractivity contribution is -0.239. The molecule has 0 amide bonds. The van der Waals surface area contributed by atoms with Crippen molar-refractivity contribution in [1.82, 2.24) is 0 Å². The molecular formula is C26H39ClO6. The Kier molecular flexibility index (Phi) is 5.91. The van der Waals surface area contributed by atoms with Crippen molar-refractivity contribution in [2.75, 3.05) is 0 Å². The van der Waals surface area contributed by atoms with Gasteiger partial charge in [0.2, 0.25) is 0 Å². The van der Waals surface area contributed by atoms with Crippen LogP contribution in [0.1, 0.15) is 87.0 Å².